The van der Waals surface area contributed by atoms with Crippen LogP contribution in [0.3, 0.4) is 0 Å². The molecule has 0 heterocycles. The van der Waals surface area contributed by atoms with Crippen LogP contribution < -0.4 is 5.32 Å². The molecule has 0 saturated heterocycles. The van der Waals surface area contributed by atoms with Crippen molar-refractivity contribution in [1.82, 2.24) is 5.32 Å². The van der Waals surface area contributed by atoms with Crippen molar-refractivity contribution >= 4 is 11.8 Å². The third-order valence-electron chi connectivity index (χ3n) is 4.11. The number of rotatable bonds is 6. The number of alkyl halides is 3. The zero-order valence-corrected chi connectivity index (χ0v) is 11.0. The SMILES string of the molecule is CCNCC1(CCSC(F)(F)F)CC2CC2C1. The van der Waals surface area contributed by atoms with E-state index in [2.05, 4.69) is 5.32 Å². The zero-order chi connectivity index (χ0) is 12.5. The summed E-state index contributed by atoms with van der Waals surface area (Å²) < 4.78 is 36.4. The molecule has 0 aromatic carbocycles. The van der Waals surface area contributed by atoms with E-state index in [9.17, 15) is 13.2 Å². The summed E-state index contributed by atoms with van der Waals surface area (Å²) in [5, 5.41) is 3.33. The Morgan fingerprint density at radius 1 is 1.29 bits per heavy atom. The average molecular weight is 267 g/mol. The third kappa shape index (κ3) is 3.78. The van der Waals surface area contributed by atoms with Crippen molar-refractivity contribution in [3.63, 3.8) is 0 Å². The van der Waals surface area contributed by atoms with Gasteiger partial charge in [0, 0.05) is 12.3 Å². The first-order valence-corrected chi connectivity index (χ1v) is 7.34. The van der Waals surface area contributed by atoms with Crippen molar-refractivity contribution in [1.29, 1.82) is 0 Å². The van der Waals surface area contributed by atoms with Crippen LogP contribution in [0, 0.1) is 17.3 Å². The molecule has 17 heavy (non-hydrogen) atoms. The van der Waals surface area contributed by atoms with Crippen LogP contribution >= 0.6 is 11.8 Å². The maximum absolute atomic E-state index is 12.1. The molecule has 2 unspecified atom stereocenters. The summed E-state index contributed by atoms with van der Waals surface area (Å²) >= 11 is 0.141. The lowest BCUT2D eigenvalue weighted by atomic mass is 9.80. The molecule has 5 heteroatoms. The summed E-state index contributed by atoms with van der Waals surface area (Å²) in [5.41, 5.74) is -3.91. The molecule has 2 rings (SSSR count). The van der Waals surface area contributed by atoms with Gasteiger partial charge in [0.15, 0.2) is 0 Å². The predicted octanol–water partition coefficient (Wildman–Crippen LogP) is 3.66. The lowest BCUT2D eigenvalue weighted by Crippen LogP contribution is -2.34. The molecule has 2 aliphatic rings. The van der Waals surface area contributed by atoms with Crippen molar-refractivity contribution < 1.29 is 13.2 Å². The van der Waals surface area contributed by atoms with Crippen LogP contribution in [0.2, 0.25) is 0 Å². The summed E-state index contributed by atoms with van der Waals surface area (Å²) in [6.45, 7) is 3.85. The molecule has 2 aliphatic carbocycles. The molecule has 2 saturated carbocycles. The highest BCUT2D eigenvalue weighted by molar-refractivity contribution is 8.00. The highest BCUT2D eigenvalue weighted by Gasteiger charge is 2.53. The van der Waals surface area contributed by atoms with Gasteiger partial charge >= 0.3 is 5.51 Å². The average Bonchev–Trinajstić information content (AvgIpc) is 2.83. The summed E-state index contributed by atoms with van der Waals surface area (Å²) in [5.74, 6) is 1.86. The summed E-state index contributed by atoms with van der Waals surface area (Å²) in [7, 11) is 0. The Morgan fingerprint density at radius 3 is 2.47 bits per heavy atom. The molecule has 2 fully saturated rings. The van der Waals surface area contributed by atoms with E-state index in [1.54, 1.807) is 0 Å². The van der Waals surface area contributed by atoms with Crippen molar-refractivity contribution in [2.24, 2.45) is 17.3 Å². The summed E-state index contributed by atoms with van der Waals surface area (Å²) in [6, 6.07) is 0. The monoisotopic (exact) mass is 267 g/mol. The van der Waals surface area contributed by atoms with Crippen LogP contribution in [-0.4, -0.2) is 24.4 Å². The van der Waals surface area contributed by atoms with E-state index in [1.807, 2.05) is 6.92 Å². The van der Waals surface area contributed by atoms with Crippen molar-refractivity contribution in [3.8, 4) is 0 Å². The van der Waals surface area contributed by atoms with Gasteiger partial charge in [0.25, 0.3) is 0 Å². The molecule has 1 nitrogen and oxygen atoms in total. The van der Waals surface area contributed by atoms with E-state index in [-0.39, 0.29) is 22.9 Å². The summed E-state index contributed by atoms with van der Waals surface area (Å²) in [4.78, 5) is 0. The van der Waals surface area contributed by atoms with Crippen LogP contribution in [0.1, 0.15) is 32.6 Å². The van der Waals surface area contributed by atoms with Gasteiger partial charge in [-0.15, -0.1) is 0 Å². The van der Waals surface area contributed by atoms with E-state index in [1.165, 1.54) is 6.42 Å². The molecule has 1 N–H and O–H groups in total. The second-order valence-electron chi connectivity index (χ2n) is 5.49. The second kappa shape index (κ2) is 5.00. The fraction of sp³-hybridized carbons (Fsp3) is 1.00. The molecule has 0 aliphatic heterocycles. The molecular formula is C12H20F3NS. The van der Waals surface area contributed by atoms with Gasteiger partial charge in [-0.3, -0.25) is 0 Å². The molecule has 100 valence electrons. The Kier molecular flexibility index (Phi) is 3.98. The van der Waals surface area contributed by atoms with Gasteiger partial charge in [0.05, 0.1) is 0 Å². The van der Waals surface area contributed by atoms with Crippen LogP contribution in [0.4, 0.5) is 13.2 Å². The zero-order valence-electron chi connectivity index (χ0n) is 10.1. The Hall–Kier alpha value is 0.100. The molecule has 0 aromatic heterocycles. The normalized spacial score (nSPS) is 36.0. The highest BCUT2D eigenvalue weighted by Crippen LogP contribution is 2.61. The summed E-state index contributed by atoms with van der Waals surface area (Å²) in [6.07, 6.45) is 4.31. The second-order valence-corrected chi connectivity index (χ2v) is 6.65. The van der Waals surface area contributed by atoms with E-state index < -0.39 is 5.51 Å². The first kappa shape index (κ1) is 13.5. The number of fused-ring (bicyclic) bond motifs is 1. The van der Waals surface area contributed by atoms with Gasteiger partial charge in [-0.2, -0.15) is 13.2 Å². The van der Waals surface area contributed by atoms with Crippen molar-refractivity contribution in [2.45, 2.75) is 38.1 Å². The minimum absolute atomic E-state index is 0.141. The van der Waals surface area contributed by atoms with E-state index in [4.69, 9.17) is 0 Å². The Bertz CT molecular complexity index is 257. The minimum atomic E-state index is -4.07. The van der Waals surface area contributed by atoms with Crippen molar-refractivity contribution in [2.75, 3.05) is 18.8 Å². The van der Waals surface area contributed by atoms with E-state index in [0.717, 1.165) is 37.8 Å². The lowest BCUT2D eigenvalue weighted by molar-refractivity contribution is -0.0329. The topological polar surface area (TPSA) is 12.0 Å². The van der Waals surface area contributed by atoms with Gasteiger partial charge in [-0.1, -0.05) is 18.7 Å². The lowest BCUT2D eigenvalue weighted by Gasteiger charge is -2.31. The van der Waals surface area contributed by atoms with Gasteiger partial charge < -0.3 is 5.32 Å². The largest absolute Gasteiger partial charge is 0.441 e. The van der Waals surface area contributed by atoms with Crippen LogP contribution in [0.25, 0.3) is 0 Å². The van der Waals surface area contributed by atoms with E-state index >= 15 is 0 Å². The van der Waals surface area contributed by atoms with Gasteiger partial charge in [0.1, 0.15) is 0 Å². The highest BCUT2D eigenvalue weighted by atomic mass is 32.2. The molecule has 2 atom stereocenters. The smallest absolute Gasteiger partial charge is 0.316 e. The van der Waals surface area contributed by atoms with Crippen LogP contribution in [0.5, 0.6) is 0 Å². The Morgan fingerprint density at radius 2 is 1.94 bits per heavy atom. The molecule has 0 aromatic rings. The maximum Gasteiger partial charge on any atom is 0.441 e. The van der Waals surface area contributed by atoms with Crippen LogP contribution in [-0.2, 0) is 0 Å². The van der Waals surface area contributed by atoms with Gasteiger partial charge in [-0.05, 0) is 49.5 Å². The van der Waals surface area contributed by atoms with Gasteiger partial charge in [0.2, 0.25) is 0 Å². The first-order valence-electron chi connectivity index (χ1n) is 6.35. The van der Waals surface area contributed by atoms with E-state index in [0.29, 0.717) is 6.42 Å². The number of nitrogens with one attached hydrogen (secondary N) is 1. The molecule has 0 bridgehead atoms. The number of halogens is 3. The fourth-order valence-corrected chi connectivity index (χ4v) is 3.98. The minimum Gasteiger partial charge on any atom is -0.316 e. The Balaban J connectivity index is 1.79. The van der Waals surface area contributed by atoms with Crippen molar-refractivity contribution in [3.05, 3.63) is 0 Å². The quantitative estimate of drug-likeness (QED) is 0.788. The first-order chi connectivity index (χ1) is 7.94. The van der Waals surface area contributed by atoms with Crippen LogP contribution in [0.15, 0.2) is 0 Å². The number of thioether (sulfide) groups is 1. The predicted molar refractivity (Wildman–Crippen MR) is 64.9 cm³/mol. The third-order valence-corrected chi connectivity index (χ3v) is 4.84. The maximum atomic E-state index is 12.1. The molecular weight excluding hydrogens is 247 g/mol. The molecule has 0 amide bonds. The Labute approximate surface area is 105 Å². The molecule has 0 spiro atoms. The number of hydrogen-bond acceptors (Lipinski definition) is 2. The fourth-order valence-electron chi connectivity index (χ4n) is 3.22. The number of hydrogen-bond donors (Lipinski definition) is 1. The van der Waals surface area contributed by atoms with Gasteiger partial charge in [-0.25, -0.2) is 0 Å². The molecule has 0 radical (unpaired) electrons. The standard InChI is InChI=1S/C12H20F3NS/c1-2-16-8-11(3-4-17-12(13,14)15)6-9-5-10(9)7-11/h9-10,16H,2-8H2,1H3.